The van der Waals surface area contributed by atoms with Crippen molar-refractivity contribution in [1.29, 1.82) is 10.5 Å². The molecule has 0 saturated heterocycles. The van der Waals surface area contributed by atoms with E-state index < -0.39 is 116 Å². The Labute approximate surface area is 583 Å². The van der Waals surface area contributed by atoms with Gasteiger partial charge in [-0.3, -0.25) is 44.1 Å². The monoisotopic (exact) mass is 1430 g/mol. The molecule has 0 radical (unpaired) electrons. The summed E-state index contributed by atoms with van der Waals surface area (Å²) in [5, 5.41) is 16.2. The van der Waals surface area contributed by atoms with Crippen molar-refractivity contribution in [3.05, 3.63) is 153 Å². The number of ketones is 2. The molecule has 0 unspecified atom stereocenters. The summed E-state index contributed by atoms with van der Waals surface area (Å²) in [6.45, 7) is 27.4. The van der Waals surface area contributed by atoms with E-state index in [9.17, 15) is 36.2 Å². The van der Waals surface area contributed by atoms with Crippen molar-refractivity contribution in [3.8, 4) is 12.1 Å². The summed E-state index contributed by atoms with van der Waals surface area (Å²) >= 11 is 0. The highest BCUT2D eigenvalue weighted by Gasteiger charge is 2.61. The third-order valence-electron chi connectivity index (χ3n) is 19.3. The number of Topliss-reactive ketones (excluding diaryl/α,β-unsaturated/α-hetero) is 2. The number of amidine groups is 1. The molecule has 0 saturated carbocycles. The number of nitrogens with two attached hydrogens (primary N) is 2. The zero-order valence-electron chi connectivity index (χ0n) is 59.0. The summed E-state index contributed by atoms with van der Waals surface area (Å²) in [4.78, 5) is 78.5. The number of fused-ring (bicyclic) bond motifs is 3. The van der Waals surface area contributed by atoms with Crippen molar-refractivity contribution in [2.75, 3.05) is 25.4 Å². The molecule has 0 aliphatic carbocycles. The normalized spacial score (nSPS) is 28.0. The first kappa shape index (κ1) is 75.6. The lowest BCUT2D eigenvalue weighted by atomic mass is 9.88. The molecule has 5 aromatic rings. The van der Waals surface area contributed by atoms with Crippen LogP contribution in [0.1, 0.15) is 196 Å². The molecule has 4 N–H and O–H groups in total. The highest BCUT2D eigenvalue weighted by molar-refractivity contribution is 7.97. The number of nitrogen functional groups attached to an aromatic ring is 1. The van der Waals surface area contributed by atoms with Crippen molar-refractivity contribution in [1.82, 2.24) is 15.0 Å². The lowest BCUT2D eigenvalue weighted by Crippen LogP contribution is -2.58. The van der Waals surface area contributed by atoms with E-state index in [1.54, 1.807) is 152 Å². The largest absolute Gasteiger partial charge is 0.460 e. The van der Waals surface area contributed by atoms with Gasteiger partial charge in [0.1, 0.15) is 78.8 Å². The number of aromatic nitrogens is 3. The lowest BCUT2D eigenvalue weighted by molar-refractivity contribution is -0.154. The maximum absolute atomic E-state index is 15.5. The number of halogens is 3. The van der Waals surface area contributed by atoms with Gasteiger partial charge in [0.05, 0.1) is 103 Å². The van der Waals surface area contributed by atoms with E-state index >= 15 is 8.78 Å². The fourth-order valence-electron chi connectivity index (χ4n) is 13.7. The first-order valence-electron chi connectivity index (χ1n) is 32.8. The van der Waals surface area contributed by atoms with Gasteiger partial charge in [-0.1, -0.05) is 24.3 Å². The Morgan fingerprint density at radius 2 is 0.800 bits per heavy atom. The van der Waals surface area contributed by atoms with Crippen LogP contribution in [-0.4, -0.2) is 129 Å². The topological polar surface area (TPSA) is 350 Å². The van der Waals surface area contributed by atoms with Gasteiger partial charge in [-0.2, -0.15) is 10.5 Å². The molecular formula is C72H86F3N13O9S3. The summed E-state index contributed by atoms with van der Waals surface area (Å²) < 4.78 is 109. The van der Waals surface area contributed by atoms with E-state index in [4.69, 9.17) is 41.4 Å². The van der Waals surface area contributed by atoms with Crippen molar-refractivity contribution in [2.45, 2.75) is 207 Å². The van der Waals surface area contributed by atoms with E-state index in [0.717, 1.165) is 0 Å². The molecule has 3 aromatic heterocycles. The van der Waals surface area contributed by atoms with Crippen LogP contribution in [-0.2, 0) is 77.7 Å². The van der Waals surface area contributed by atoms with Gasteiger partial charge in [-0.25, -0.2) is 43.9 Å². The standard InChI is InChI=1S/C29H33FN4O4S.C23H24FN5O2S.C20H29FN4O3S/c1-27(2,3)38-25(36)16-23-28(4,5)39(37)24(13-14-32-39)29(6,34-23)26-21(30)12-11-20(33-26)15-22(35)19-9-7-18(17-31)8-10-19;1-22(2)21(26)29-23(3,19-10-11-27-32(19,22)31)20-17(24)9-8-16(28-20)12-18(30)15-6-4-14(13-25)5-7-15;1-18(2,3)28-16(26)11-13-19(4,5)29(27)14(9-10-23-29)20(6,25-13)17-12(21)7-8-15(22)24-17/h7-12,24H,13-16H2,1-6H3;4-9,19H,10-12H2,1-3H3,(H2,26,29);7-8,14H,9-11H2,1-6H3,(H2,22,24)/t24-,29-,39+;19-,23-,32+;14-,20-,29+/m000/s1. The first-order chi connectivity index (χ1) is 46.3. The molecule has 6 aliphatic rings. The number of carbonyl (C=O) groups excluding carboxylic acids is 4. The maximum Gasteiger partial charge on any atom is 0.312 e. The van der Waals surface area contributed by atoms with Crippen molar-refractivity contribution in [2.24, 2.45) is 33.8 Å². The molecule has 9 heterocycles. The average molecular weight is 1430 g/mol. The number of nitriles is 2. The van der Waals surface area contributed by atoms with Gasteiger partial charge in [0.15, 0.2) is 11.6 Å². The van der Waals surface area contributed by atoms with Crippen LogP contribution in [0, 0.1) is 40.1 Å². The molecule has 22 nitrogen and oxygen atoms in total. The van der Waals surface area contributed by atoms with Crippen molar-refractivity contribution < 1.29 is 54.4 Å². The Morgan fingerprint density at radius 3 is 1.14 bits per heavy atom. The molecular weight excluding hydrogens is 1340 g/mol. The van der Waals surface area contributed by atoms with Gasteiger partial charge < -0.3 is 20.9 Å². The first-order valence-corrected chi connectivity index (χ1v) is 37.5. The molecule has 9 atom stereocenters. The molecule has 2 aromatic carbocycles. The number of aliphatic imine (C=N–C) groups is 3. The second-order valence-corrected chi connectivity index (χ2v) is 38.6. The fourth-order valence-corrected chi connectivity index (χ4v) is 23.4. The van der Waals surface area contributed by atoms with Crippen LogP contribution >= 0.6 is 0 Å². The van der Waals surface area contributed by atoms with Crippen molar-refractivity contribution >= 4 is 75.8 Å². The number of pyridine rings is 3. The number of benzene rings is 2. The molecule has 6 aliphatic heterocycles. The van der Waals surface area contributed by atoms with Crippen LogP contribution in [0.4, 0.5) is 19.0 Å². The van der Waals surface area contributed by atoms with E-state index in [-0.39, 0.29) is 66.0 Å². The highest BCUT2D eigenvalue weighted by Crippen LogP contribution is 2.52. The quantitative estimate of drug-likeness (QED) is 0.0817. The summed E-state index contributed by atoms with van der Waals surface area (Å²) in [5.41, 5.74) is 9.94. The molecule has 0 bridgehead atoms. The van der Waals surface area contributed by atoms with E-state index in [2.05, 4.69) is 33.0 Å². The Hall–Kier alpha value is -8.60. The number of rotatable bonds is 13. The fraction of sp³-hybridized carbons (Fsp3) is 0.500. The van der Waals surface area contributed by atoms with Gasteiger partial charge in [0, 0.05) is 53.6 Å². The van der Waals surface area contributed by atoms with E-state index in [0.29, 0.717) is 84.0 Å². The summed E-state index contributed by atoms with van der Waals surface area (Å²) in [6, 6.07) is 24.6. The minimum atomic E-state index is -2.98. The predicted octanol–water partition coefficient (Wildman–Crippen LogP) is 11.3. The molecule has 0 fully saturated rings. The van der Waals surface area contributed by atoms with Gasteiger partial charge in [-0.05, 0) is 184 Å². The van der Waals surface area contributed by atoms with Crippen LogP contribution in [0.2, 0.25) is 0 Å². The van der Waals surface area contributed by atoms with Gasteiger partial charge in [0.2, 0.25) is 0 Å². The van der Waals surface area contributed by atoms with E-state index in [1.165, 1.54) is 36.4 Å². The van der Waals surface area contributed by atoms with Gasteiger partial charge in [-0.15, -0.1) is 0 Å². The summed E-state index contributed by atoms with van der Waals surface area (Å²) in [7, 11) is -8.65. The molecule has 0 amide bonds. The number of hydrogen-bond acceptors (Lipinski definition) is 22. The zero-order chi connectivity index (χ0) is 73.9. The minimum Gasteiger partial charge on any atom is -0.460 e. The molecule has 100 heavy (non-hydrogen) atoms. The van der Waals surface area contributed by atoms with Crippen molar-refractivity contribution in [3.63, 3.8) is 0 Å². The number of hydrogen-bond donors (Lipinski definition) is 2. The number of esters is 2. The number of ether oxygens (including phenoxy) is 2. The van der Waals surface area contributed by atoms with Crippen LogP contribution in [0.15, 0.2) is 113 Å². The molecule has 28 heteroatoms. The Bertz CT molecular complexity index is 4770. The molecule has 11 rings (SSSR count). The van der Waals surface area contributed by atoms with Crippen LogP contribution in [0.5, 0.6) is 0 Å². The van der Waals surface area contributed by atoms with Crippen LogP contribution < -0.4 is 11.5 Å². The zero-order valence-corrected chi connectivity index (χ0v) is 61.4. The Morgan fingerprint density at radius 1 is 0.480 bits per heavy atom. The predicted molar refractivity (Wildman–Crippen MR) is 379 cm³/mol. The number of nitrogens with zero attached hydrogens (tertiary/aromatic N) is 11. The lowest BCUT2D eigenvalue weighted by Gasteiger charge is -2.45. The Kier molecular flexibility index (Phi) is 20.5. The second kappa shape index (κ2) is 27.1. The maximum atomic E-state index is 15.5. The van der Waals surface area contributed by atoms with Gasteiger partial charge >= 0.3 is 11.9 Å². The SMILES string of the molecule is CC(C)(C)OC(=O)CC1=N[C@](C)(c2nc(CC(=O)c3ccc(C#N)cc3)ccc2F)[C@@H]2CCN=[S@]2(=O)C1(C)C.CC(C)(C)OC(=O)CC1=N[C@](C)(c2nc(N)ccc2F)[C@@H]2CCN=[S@]2(=O)C1(C)C.CC1(C)C(N)=N[C@](C)(c2nc(CC(=O)c3ccc(C#N)cc3)ccc2F)[C@@H]2CCN=[S@@]21=O. The minimum absolute atomic E-state index is 0.0240. The summed E-state index contributed by atoms with van der Waals surface area (Å²) in [5.74, 6) is -2.95. The van der Waals surface area contributed by atoms with Crippen LogP contribution in [0.25, 0.3) is 0 Å². The highest BCUT2D eigenvalue weighted by atomic mass is 32.2. The second-order valence-electron chi connectivity index (χ2n) is 29.6. The third-order valence-corrected chi connectivity index (χ3v) is 30.4. The summed E-state index contributed by atoms with van der Waals surface area (Å²) in [6.07, 6.45) is 0.908. The number of carbonyl (C=O) groups is 4. The Balaban J connectivity index is 0.000000177. The smallest absolute Gasteiger partial charge is 0.312 e. The average Bonchev–Trinajstić information content (AvgIpc) is 1.38. The molecule has 532 valence electrons. The van der Waals surface area contributed by atoms with Crippen LogP contribution in [0.3, 0.4) is 0 Å². The third kappa shape index (κ3) is 14.0. The number of anilines is 1. The van der Waals surface area contributed by atoms with E-state index in [1.807, 2.05) is 12.1 Å². The molecule has 0 spiro atoms. The van der Waals surface area contributed by atoms with Gasteiger partial charge in [0.25, 0.3) is 0 Å².